The van der Waals surface area contributed by atoms with Crippen LogP contribution < -0.4 is 4.74 Å². The average Bonchev–Trinajstić information content (AvgIpc) is 3.07. The highest BCUT2D eigenvalue weighted by molar-refractivity contribution is 7.71. The van der Waals surface area contributed by atoms with Crippen molar-refractivity contribution in [3.8, 4) is 17.1 Å². The van der Waals surface area contributed by atoms with E-state index in [1.165, 1.54) is 4.68 Å². The predicted molar refractivity (Wildman–Crippen MR) is 104 cm³/mol. The standard InChI is InChI=1S/C19H18N4O3S/c1-2-25-17(24)13-26-16-11-7-6-10-15(16)12-20-23-18(21-22-19(23)27)14-8-4-3-5-9-14/h3-12H,2,13H2,1H3,(H,22,27). The van der Waals surface area contributed by atoms with E-state index in [4.69, 9.17) is 21.7 Å². The molecular formula is C19H18N4O3S. The Morgan fingerprint density at radius 1 is 1.22 bits per heavy atom. The number of benzene rings is 2. The van der Waals surface area contributed by atoms with Gasteiger partial charge in [-0.15, -0.1) is 0 Å². The molecule has 0 unspecified atom stereocenters. The van der Waals surface area contributed by atoms with Crippen molar-refractivity contribution in [2.75, 3.05) is 13.2 Å². The first-order valence-electron chi connectivity index (χ1n) is 8.33. The summed E-state index contributed by atoms with van der Waals surface area (Å²) in [6.45, 7) is 1.89. The molecule has 0 aliphatic rings. The second kappa shape index (κ2) is 8.91. The third kappa shape index (κ3) is 4.68. The van der Waals surface area contributed by atoms with Crippen LogP contribution in [0.1, 0.15) is 12.5 Å². The normalized spacial score (nSPS) is 10.9. The van der Waals surface area contributed by atoms with Gasteiger partial charge in [-0.25, -0.2) is 9.89 Å². The highest BCUT2D eigenvalue weighted by Crippen LogP contribution is 2.18. The first kappa shape index (κ1) is 18.5. The highest BCUT2D eigenvalue weighted by Gasteiger charge is 2.09. The fourth-order valence-electron chi connectivity index (χ4n) is 2.35. The number of carbonyl (C=O) groups is 1. The van der Waals surface area contributed by atoms with Crippen LogP contribution in [0.5, 0.6) is 5.75 Å². The van der Waals surface area contributed by atoms with Crippen molar-refractivity contribution in [1.82, 2.24) is 14.9 Å². The largest absolute Gasteiger partial charge is 0.481 e. The Hall–Kier alpha value is -3.26. The van der Waals surface area contributed by atoms with E-state index in [1.807, 2.05) is 48.5 Å². The van der Waals surface area contributed by atoms with Crippen molar-refractivity contribution in [2.24, 2.45) is 5.10 Å². The molecule has 138 valence electrons. The predicted octanol–water partition coefficient (Wildman–Crippen LogP) is 3.43. The van der Waals surface area contributed by atoms with Crippen LogP contribution >= 0.6 is 12.2 Å². The number of rotatable bonds is 7. The molecule has 8 heteroatoms. The van der Waals surface area contributed by atoms with Crippen LogP contribution in [0.2, 0.25) is 0 Å². The molecule has 0 spiro atoms. The lowest BCUT2D eigenvalue weighted by Gasteiger charge is -2.08. The van der Waals surface area contributed by atoms with Crippen molar-refractivity contribution in [3.63, 3.8) is 0 Å². The Balaban J connectivity index is 1.85. The molecule has 2 aromatic carbocycles. The molecule has 1 N–H and O–H groups in total. The quantitative estimate of drug-likeness (QED) is 0.385. The molecule has 0 amide bonds. The Morgan fingerprint density at radius 3 is 2.74 bits per heavy atom. The molecule has 3 rings (SSSR count). The maximum atomic E-state index is 11.5. The second-order valence-electron chi connectivity index (χ2n) is 5.41. The molecule has 0 saturated carbocycles. The first-order valence-corrected chi connectivity index (χ1v) is 8.74. The maximum Gasteiger partial charge on any atom is 0.344 e. The van der Waals surface area contributed by atoms with E-state index >= 15 is 0 Å². The second-order valence-corrected chi connectivity index (χ2v) is 5.79. The van der Waals surface area contributed by atoms with Crippen molar-refractivity contribution in [1.29, 1.82) is 0 Å². The van der Waals surface area contributed by atoms with Crippen LogP contribution in [0.15, 0.2) is 59.7 Å². The van der Waals surface area contributed by atoms with Gasteiger partial charge in [0, 0.05) is 11.1 Å². The molecule has 0 aliphatic heterocycles. The molecule has 0 saturated heterocycles. The minimum absolute atomic E-state index is 0.168. The van der Waals surface area contributed by atoms with Gasteiger partial charge in [0.05, 0.1) is 12.8 Å². The van der Waals surface area contributed by atoms with Gasteiger partial charge in [0.25, 0.3) is 0 Å². The molecule has 0 aliphatic carbocycles. The number of aromatic amines is 1. The van der Waals surface area contributed by atoms with Crippen LogP contribution in [0.3, 0.4) is 0 Å². The van der Waals surface area contributed by atoms with E-state index in [2.05, 4.69) is 15.3 Å². The van der Waals surface area contributed by atoms with Crippen LogP contribution in [0.25, 0.3) is 11.4 Å². The lowest BCUT2D eigenvalue weighted by Crippen LogP contribution is -2.15. The number of aromatic nitrogens is 3. The molecular weight excluding hydrogens is 364 g/mol. The molecule has 0 radical (unpaired) electrons. The number of carbonyl (C=O) groups excluding carboxylic acids is 1. The topological polar surface area (TPSA) is 81.5 Å². The van der Waals surface area contributed by atoms with E-state index in [-0.39, 0.29) is 6.61 Å². The SMILES string of the molecule is CCOC(=O)COc1ccccc1C=Nn1c(-c2ccccc2)n[nH]c1=S. The monoisotopic (exact) mass is 382 g/mol. The summed E-state index contributed by atoms with van der Waals surface area (Å²) in [5.74, 6) is 0.694. The summed E-state index contributed by atoms with van der Waals surface area (Å²) >= 11 is 5.27. The zero-order valence-corrected chi connectivity index (χ0v) is 15.5. The lowest BCUT2D eigenvalue weighted by atomic mass is 10.2. The van der Waals surface area contributed by atoms with E-state index in [9.17, 15) is 4.79 Å². The Bertz CT molecular complexity index is 995. The minimum atomic E-state index is -0.423. The van der Waals surface area contributed by atoms with E-state index < -0.39 is 5.97 Å². The molecule has 1 heterocycles. The van der Waals surface area contributed by atoms with Gasteiger partial charge in [0.15, 0.2) is 12.4 Å². The van der Waals surface area contributed by atoms with Gasteiger partial charge >= 0.3 is 5.97 Å². The number of H-pyrrole nitrogens is 1. The number of nitrogens with zero attached hydrogens (tertiary/aromatic N) is 3. The Morgan fingerprint density at radius 2 is 1.96 bits per heavy atom. The summed E-state index contributed by atoms with van der Waals surface area (Å²) in [4.78, 5) is 11.5. The number of hydrogen-bond acceptors (Lipinski definition) is 6. The van der Waals surface area contributed by atoms with Gasteiger partial charge in [-0.1, -0.05) is 42.5 Å². The number of hydrogen-bond donors (Lipinski definition) is 1. The Kier molecular flexibility index (Phi) is 6.11. The van der Waals surface area contributed by atoms with E-state index in [0.29, 0.717) is 28.5 Å². The van der Waals surface area contributed by atoms with Crippen molar-refractivity contribution in [3.05, 3.63) is 64.9 Å². The van der Waals surface area contributed by atoms with Crippen molar-refractivity contribution < 1.29 is 14.3 Å². The summed E-state index contributed by atoms with van der Waals surface area (Å²) in [5, 5.41) is 11.4. The molecule has 0 fully saturated rings. The van der Waals surface area contributed by atoms with Crippen LogP contribution in [0, 0.1) is 4.77 Å². The summed E-state index contributed by atoms with van der Waals surface area (Å²) in [5.41, 5.74) is 1.58. The minimum Gasteiger partial charge on any atom is -0.481 e. The van der Waals surface area contributed by atoms with Crippen LogP contribution in [-0.2, 0) is 9.53 Å². The van der Waals surface area contributed by atoms with E-state index in [1.54, 1.807) is 19.2 Å². The van der Waals surface area contributed by atoms with Crippen molar-refractivity contribution >= 4 is 24.4 Å². The maximum absolute atomic E-state index is 11.5. The summed E-state index contributed by atoms with van der Waals surface area (Å²) in [6, 6.07) is 16.9. The molecule has 7 nitrogen and oxygen atoms in total. The summed E-state index contributed by atoms with van der Waals surface area (Å²) in [7, 11) is 0. The zero-order valence-electron chi connectivity index (χ0n) is 14.7. The molecule has 1 aromatic heterocycles. The van der Waals surface area contributed by atoms with Gasteiger partial charge in [-0.05, 0) is 31.3 Å². The molecule has 3 aromatic rings. The molecule has 0 bridgehead atoms. The fraction of sp³-hybridized carbons (Fsp3) is 0.158. The summed E-state index contributed by atoms with van der Waals surface area (Å²) < 4.78 is 12.3. The third-order valence-corrected chi connectivity index (χ3v) is 3.83. The highest BCUT2D eigenvalue weighted by atomic mass is 32.1. The van der Waals surface area contributed by atoms with E-state index in [0.717, 1.165) is 5.56 Å². The van der Waals surface area contributed by atoms with Crippen LogP contribution in [0.4, 0.5) is 0 Å². The third-order valence-electron chi connectivity index (χ3n) is 3.56. The van der Waals surface area contributed by atoms with Gasteiger partial charge in [-0.3, -0.25) is 0 Å². The fourth-order valence-corrected chi connectivity index (χ4v) is 2.53. The summed E-state index contributed by atoms with van der Waals surface area (Å²) in [6.07, 6.45) is 1.61. The van der Waals surface area contributed by atoms with Gasteiger partial charge < -0.3 is 9.47 Å². The van der Waals surface area contributed by atoms with Gasteiger partial charge in [-0.2, -0.15) is 14.9 Å². The molecule has 27 heavy (non-hydrogen) atoms. The number of esters is 1. The number of nitrogens with one attached hydrogen (secondary N) is 1. The van der Waals surface area contributed by atoms with Crippen molar-refractivity contribution in [2.45, 2.75) is 6.92 Å². The first-order chi connectivity index (χ1) is 13.2. The average molecular weight is 382 g/mol. The molecule has 0 atom stereocenters. The lowest BCUT2D eigenvalue weighted by molar-refractivity contribution is -0.145. The zero-order chi connectivity index (χ0) is 19.1. The van der Waals surface area contributed by atoms with Crippen LogP contribution in [-0.4, -0.2) is 40.3 Å². The number of ether oxygens (including phenoxy) is 2. The Labute approximate surface area is 161 Å². The van der Waals surface area contributed by atoms with Gasteiger partial charge in [0.1, 0.15) is 5.75 Å². The smallest absolute Gasteiger partial charge is 0.344 e. The number of para-hydroxylation sites is 1. The van der Waals surface area contributed by atoms with Gasteiger partial charge in [0.2, 0.25) is 4.77 Å².